The van der Waals surface area contributed by atoms with E-state index in [4.69, 9.17) is 27.2 Å². The fourth-order valence-electron chi connectivity index (χ4n) is 6.25. The van der Waals surface area contributed by atoms with Crippen LogP contribution in [-0.2, 0) is 17.7 Å². The summed E-state index contributed by atoms with van der Waals surface area (Å²) in [6.45, 7) is 17.6. The number of nitrogens with zero attached hydrogens (tertiary/aromatic N) is 1. The number of carbonyl (C=O) groups is 1. The molecular formula is C30H46N2O9SeSi2. The molecule has 2 aliphatic heterocycles. The first-order valence-corrected chi connectivity index (χ1v) is 21.0. The Balaban J connectivity index is 1.86. The third kappa shape index (κ3) is 6.40. The van der Waals surface area contributed by atoms with Gasteiger partial charge in [0, 0.05) is 0 Å². The third-order valence-corrected chi connectivity index (χ3v) is 22.1. The van der Waals surface area contributed by atoms with Gasteiger partial charge in [-0.2, -0.15) is 0 Å². The molecule has 2 aliphatic rings. The van der Waals surface area contributed by atoms with Crippen LogP contribution in [0.15, 0.2) is 40.1 Å². The molecule has 11 nitrogen and oxygen atoms in total. The van der Waals surface area contributed by atoms with E-state index < -0.39 is 51.5 Å². The van der Waals surface area contributed by atoms with Crippen LogP contribution in [0.2, 0.25) is 27.0 Å². The minimum absolute atomic E-state index is 0.0645. The van der Waals surface area contributed by atoms with E-state index in [0.717, 1.165) is 0 Å². The molecule has 1 aromatic heterocycles. The topological polar surface area (TPSA) is 127 Å². The summed E-state index contributed by atoms with van der Waals surface area (Å²) >= 11 is -0.318. The Labute approximate surface area is 267 Å². The monoisotopic (exact) mass is 714 g/mol. The number of hydrogen-bond acceptors (Lipinski definition) is 9. The SMILES string of the molecule is COc1ccc(C(=O)O[C@@H]2[C@@H]3O[Si](C(C)C)(C(C)C)O[Si](C(C)C)(C(C)C)OC[C@H]3[Se][C@H]2n2ccc(=O)[nH]c2=O)c(OC)c1. The Morgan fingerprint density at radius 3 is 2.14 bits per heavy atom. The number of esters is 1. The number of H-pyrrole nitrogens is 1. The number of rotatable bonds is 9. The van der Waals surface area contributed by atoms with Gasteiger partial charge in [-0.25, -0.2) is 0 Å². The fraction of sp³-hybridized carbons (Fsp3) is 0.633. The van der Waals surface area contributed by atoms with Gasteiger partial charge in [0.05, 0.1) is 0 Å². The molecule has 1 aromatic carbocycles. The molecule has 244 valence electrons. The summed E-state index contributed by atoms with van der Waals surface area (Å²) in [6.07, 6.45) is 0.0249. The molecule has 4 atom stereocenters. The Kier molecular flexibility index (Phi) is 10.8. The van der Waals surface area contributed by atoms with Crippen LogP contribution in [-0.4, -0.2) is 80.6 Å². The summed E-state index contributed by atoms with van der Waals surface area (Å²) in [5, 5.41) is 0. The number of aromatic amines is 1. The molecule has 0 amide bonds. The molecule has 14 heteroatoms. The van der Waals surface area contributed by atoms with Crippen molar-refractivity contribution >= 4 is 38.0 Å². The Morgan fingerprint density at radius 1 is 0.955 bits per heavy atom. The molecule has 3 heterocycles. The molecule has 0 saturated carbocycles. The number of benzene rings is 1. The van der Waals surface area contributed by atoms with Gasteiger partial charge in [0.2, 0.25) is 0 Å². The molecule has 2 aromatic rings. The standard InChI is InChI=1S/C30H46N2O9SeSi2/c1-17(2)43(18(3)4)38-16-24-26(40-44(41-43,19(5)6)20(7)8)27(28(42-24)32-14-13-25(33)31-30(32)35)39-29(34)22-12-11-21(36-9)15-23(22)37-10/h11-15,17-20,24,26-28H,16H2,1-10H3,(H,31,33,35)/t24-,26-,27-,28-/m1/s1. The molecule has 0 radical (unpaired) electrons. The van der Waals surface area contributed by atoms with E-state index >= 15 is 0 Å². The van der Waals surface area contributed by atoms with Crippen LogP contribution >= 0.6 is 0 Å². The van der Waals surface area contributed by atoms with Crippen LogP contribution in [0.3, 0.4) is 0 Å². The number of carbonyl (C=O) groups excluding carboxylic acids is 1. The molecule has 1 N–H and O–H groups in total. The Morgan fingerprint density at radius 2 is 1.59 bits per heavy atom. The van der Waals surface area contributed by atoms with Crippen LogP contribution in [0.5, 0.6) is 11.5 Å². The number of aromatic nitrogens is 2. The maximum atomic E-state index is 13.9. The maximum absolute atomic E-state index is 13.9. The Hall–Kier alpha value is -2.20. The van der Waals surface area contributed by atoms with Gasteiger partial charge in [0.25, 0.3) is 0 Å². The first kappa shape index (κ1) is 34.7. The van der Waals surface area contributed by atoms with E-state index in [2.05, 4.69) is 60.4 Å². The van der Waals surface area contributed by atoms with Crippen molar-refractivity contribution in [2.24, 2.45) is 0 Å². The first-order chi connectivity index (χ1) is 20.7. The zero-order valence-electron chi connectivity index (χ0n) is 27.2. The van der Waals surface area contributed by atoms with Gasteiger partial charge < -0.3 is 0 Å². The summed E-state index contributed by atoms with van der Waals surface area (Å²) < 4.78 is 40.2. The van der Waals surface area contributed by atoms with Crippen molar-refractivity contribution in [3.05, 3.63) is 56.9 Å². The fourth-order valence-corrected chi connectivity index (χ4v) is 21.2. The molecular weight excluding hydrogens is 667 g/mol. The van der Waals surface area contributed by atoms with Crippen LogP contribution in [0.1, 0.15) is 70.7 Å². The molecule has 0 aliphatic carbocycles. The van der Waals surface area contributed by atoms with Gasteiger partial charge in [-0.3, -0.25) is 0 Å². The first-order valence-electron chi connectivity index (χ1n) is 15.1. The molecule has 44 heavy (non-hydrogen) atoms. The van der Waals surface area contributed by atoms with E-state index in [0.29, 0.717) is 18.1 Å². The average molecular weight is 714 g/mol. The van der Waals surface area contributed by atoms with Crippen molar-refractivity contribution in [3.8, 4) is 11.5 Å². The van der Waals surface area contributed by atoms with E-state index in [1.807, 2.05) is 0 Å². The van der Waals surface area contributed by atoms with E-state index in [1.165, 1.54) is 31.0 Å². The van der Waals surface area contributed by atoms with Crippen molar-refractivity contribution in [3.63, 3.8) is 0 Å². The van der Waals surface area contributed by atoms with Crippen molar-refractivity contribution in [1.82, 2.24) is 9.55 Å². The molecule has 0 unspecified atom stereocenters. The molecule has 2 fully saturated rings. The van der Waals surface area contributed by atoms with Gasteiger partial charge in [-0.05, 0) is 0 Å². The number of ether oxygens (including phenoxy) is 3. The van der Waals surface area contributed by atoms with Gasteiger partial charge in [0.15, 0.2) is 0 Å². The predicted molar refractivity (Wildman–Crippen MR) is 172 cm³/mol. The number of nitrogens with one attached hydrogen (secondary N) is 1. The molecule has 4 rings (SSSR count). The van der Waals surface area contributed by atoms with Crippen LogP contribution in [0, 0.1) is 0 Å². The second-order valence-corrected chi connectivity index (χ2v) is 24.3. The summed E-state index contributed by atoms with van der Waals surface area (Å²) in [5.74, 6) is 0.219. The molecule has 2 saturated heterocycles. The van der Waals surface area contributed by atoms with Crippen LogP contribution in [0.4, 0.5) is 0 Å². The number of fused-ring (bicyclic) bond motifs is 1. The van der Waals surface area contributed by atoms with Gasteiger partial charge >= 0.3 is 268 Å². The summed E-state index contributed by atoms with van der Waals surface area (Å²) in [6, 6.07) is 6.18. The zero-order chi connectivity index (χ0) is 32.6. The Bertz CT molecular complexity index is 1430. The zero-order valence-corrected chi connectivity index (χ0v) is 31.0. The van der Waals surface area contributed by atoms with Crippen molar-refractivity contribution in [2.75, 3.05) is 20.8 Å². The van der Waals surface area contributed by atoms with Crippen molar-refractivity contribution < 1.29 is 32.0 Å². The van der Waals surface area contributed by atoms with Gasteiger partial charge in [-0.1, -0.05) is 0 Å². The second kappa shape index (κ2) is 13.7. The van der Waals surface area contributed by atoms with Crippen molar-refractivity contribution in [1.29, 1.82) is 0 Å². The van der Waals surface area contributed by atoms with E-state index in [9.17, 15) is 14.4 Å². The average Bonchev–Trinajstić information content (AvgIpc) is 3.27. The molecule has 0 spiro atoms. The summed E-state index contributed by atoms with van der Waals surface area (Å²) in [4.78, 5) is 40.6. The number of hydrogen-bond donors (Lipinski definition) is 1. The summed E-state index contributed by atoms with van der Waals surface area (Å²) in [5.41, 5.74) is -0.364. The predicted octanol–water partition coefficient (Wildman–Crippen LogP) is 4.74. The van der Waals surface area contributed by atoms with Gasteiger partial charge in [0.1, 0.15) is 0 Å². The van der Waals surface area contributed by atoms with Crippen LogP contribution in [0.25, 0.3) is 0 Å². The van der Waals surface area contributed by atoms with Crippen molar-refractivity contribution in [2.45, 2.75) is 99.5 Å². The number of methoxy groups -OCH3 is 2. The van der Waals surface area contributed by atoms with E-state index in [1.54, 1.807) is 18.2 Å². The summed E-state index contributed by atoms with van der Waals surface area (Å²) in [7, 11) is -2.84. The minimum atomic E-state index is -3.05. The van der Waals surface area contributed by atoms with E-state index in [-0.39, 0.29) is 47.5 Å². The van der Waals surface area contributed by atoms with Gasteiger partial charge in [-0.15, -0.1) is 0 Å². The third-order valence-electron chi connectivity index (χ3n) is 8.61. The van der Waals surface area contributed by atoms with Crippen LogP contribution < -0.4 is 20.7 Å². The second-order valence-electron chi connectivity index (χ2n) is 12.6. The normalized spacial score (nSPS) is 24.7. The molecule has 0 bridgehead atoms. The quantitative estimate of drug-likeness (QED) is 0.290.